The predicted molar refractivity (Wildman–Crippen MR) is 80.5 cm³/mol. The lowest BCUT2D eigenvalue weighted by molar-refractivity contribution is -0.144. The van der Waals surface area contributed by atoms with Crippen molar-refractivity contribution in [2.45, 2.75) is 31.7 Å². The van der Waals surface area contributed by atoms with E-state index in [0.29, 0.717) is 18.0 Å². The summed E-state index contributed by atoms with van der Waals surface area (Å²) < 4.78 is 0. The van der Waals surface area contributed by atoms with E-state index >= 15 is 0 Å². The monoisotopic (exact) mass is 310 g/mol. The number of amides is 2. The Bertz CT molecular complexity index is 528. The first-order chi connectivity index (χ1) is 9.91. The van der Waals surface area contributed by atoms with E-state index in [1.54, 1.807) is 19.1 Å². The molecule has 6 heteroatoms. The van der Waals surface area contributed by atoms with Crippen molar-refractivity contribution >= 4 is 23.6 Å². The number of rotatable bonds is 6. The molecule has 0 aromatic heterocycles. The molecule has 21 heavy (non-hydrogen) atoms. The fourth-order valence-corrected chi connectivity index (χ4v) is 2.37. The molecule has 0 heterocycles. The van der Waals surface area contributed by atoms with Gasteiger partial charge in [0.05, 0.1) is 0 Å². The molecular weight excluding hydrogens is 292 g/mol. The topological polar surface area (TPSA) is 78.4 Å². The van der Waals surface area contributed by atoms with Crippen LogP contribution in [0.4, 0.5) is 4.79 Å². The number of halogens is 1. The fraction of sp³-hybridized carbons (Fsp3) is 0.467. The van der Waals surface area contributed by atoms with E-state index in [4.69, 9.17) is 11.6 Å². The van der Waals surface area contributed by atoms with Crippen molar-refractivity contribution < 1.29 is 14.7 Å². The molecule has 1 unspecified atom stereocenters. The van der Waals surface area contributed by atoms with Crippen LogP contribution >= 0.6 is 11.6 Å². The van der Waals surface area contributed by atoms with Crippen LogP contribution in [-0.2, 0) is 11.2 Å². The summed E-state index contributed by atoms with van der Waals surface area (Å²) in [7, 11) is 0. The van der Waals surface area contributed by atoms with E-state index in [-0.39, 0.29) is 5.92 Å². The molecule has 5 nitrogen and oxygen atoms in total. The van der Waals surface area contributed by atoms with Crippen LogP contribution < -0.4 is 10.6 Å². The molecule has 2 rings (SSSR count). The Hall–Kier alpha value is -1.75. The largest absolute Gasteiger partial charge is 0.480 e. The van der Waals surface area contributed by atoms with E-state index in [2.05, 4.69) is 10.6 Å². The van der Waals surface area contributed by atoms with Gasteiger partial charge in [-0.1, -0.05) is 23.7 Å². The lowest BCUT2D eigenvalue weighted by atomic mass is 9.96. The van der Waals surface area contributed by atoms with Crippen molar-refractivity contribution in [1.82, 2.24) is 10.6 Å². The van der Waals surface area contributed by atoms with Gasteiger partial charge in [0.15, 0.2) is 0 Å². The third kappa shape index (κ3) is 4.11. The zero-order chi connectivity index (χ0) is 15.5. The van der Waals surface area contributed by atoms with Gasteiger partial charge in [-0.05, 0) is 49.8 Å². The van der Waals surface area contributed by atoms with E-state index in [1.165, 1.54) is 0 Å². The second-order valence-corrected chi connectivity index (χ2v) is 5.98. The highest BCUT2D eigenvalue weighted by Gasteiger charge is 2.48. The standard InChI is InChI=1S/C15H19ClN2O3/c1-15(13(19)20,11-4-5-11)18-14(21)17-9-8-10-2-6-12(16)7-3-10/h2-3,6-7,11H,4-5,8-9H2,1H3,(H,19,20)(H2,17,18,21). The van der Waals surface area contributed by atoms with E-state index in [1.807, 2.05) is 12.1 Å². The van der Waals surface area contributed by atoms with Crippen molar-refractivity contribution in [1.29, 1.82) is 0 Å². The summed E-state index contributed by atoms with van der Waals surface area (Å²) in [6.45, 7) is 2.00. The maximum atomic E-state index is 11.8. The van der Waals surface area contributed by atoms with Gasteiger partial charge in [-0.2, -0.15) is 0 Å². The summed E-state index contributed by atoms with van der Waals surface area (Å²) in [5.74, 6) is -0.963. The van der Waals surface area contributed by atoms with Crippen molar-refractivity contribution in [3.05, 3.63) is 34.9 Å². The van der Waals surface area contributed by atoms with Crippen LogP contribution in [0.25, 0.3) is 0 Å². The molecule has 0 aliphatic heterocycles. The third-order valence-corrected chi connectivity index (χ3v) is 4.08. The van der Waals surface area contributed by atoms with E-state index in [0.717, 1.165) is 18.4 Å². The van der Waals surface area contributed by atoms with Gasteiger partial charge < -0.3 is 15.7 Å². The van der Waals surface area contributed by atoms with Crippen molar-refractivity contribution in [2.75, 3.05) is 6.54 Å². The predicted octanol–water partition coefficient (Wildman–Crippen LogP) is 2.44. The maximum Gasteiger partial charge on any atom is 0.329 e. The summed E-state index contributed by atoms with van der Waals surface area (Å²) in [6.07, 6.45) is 2.35. The lowest BCUT2D eigenvalue weighted by Gasteiger charge is -2.26. The number of urea groups is 1. The number of carboxylic acids is 1. The maximum absolute atomic E-state index is 11.8. The van der Waals surface area contributed by atoms with Crippen molar-refractivity contribution in [3.63, 3.8) is 0 Å². The Morgan fingerprint density at radius 1 is 1.33 bits per heavy atom. The molecule has 1 aromatic carbocycles. The second-order valence-electron chi connectivity index (χ2n) is 5.54. The highest BCUT2D eigenvalue weighted by atomic mass is 35.5. The number of aliphatic carboxylic acids is 1. The van der Waals surface area contributed by atoms with Gasteiger partial charge in [0.2, 0.25) is 0 Å². The minimum atomic E-state index is -1.18. The van der Waals surface area contributed by atoms with Crippen LogP contribution in [0, 0.1) is 5.92 Å². The van der Waals surface area contributed by atoms with Crippen molar-refractivity contribution in [3.8, 4) is 0 Å². The van der Waals surface area contributed by atoms with Crippen LogP contribution in [0.5, 0.6) is 0 Å². The number of benzene rings is 1. The molecule has 3 N–H and O–H groups in total. The molecule has 1 fully saturated rings. The highest BCUT2D eigenvalue weighted by molar-refractivity contribution is 6.30. The van der Waals surface area contributed by atoms with Crippen molar-refractivity contribution in [2.24, 2.45) is 5.92 Å². The van der Waals surface area contributed by atoms with Gasteiger partial charge in [0, 0.05) is 11.6 Å². The normalized spacial score (nSPS) is 16.9. The zero-order valence-corrected chi connectivity index (χ0v) is 12.6. The summed E-state index contributed by atoms with van der Waals surface area (Å²) in [5.41, 5.74) is -0.118. The van der Waals surface area contributed by atoms with Gasteiger partial charge in [0.1, 0.15) is 5.54 Å². The highest BCUT2D eigenvalue weighted by Crippen LogP contribution is 2.39. The number of hydrogen-bond acceptors (Lipinski definition) is 2. The minimum Gasteiger partial charge on any atom is -0.480 e. The number of carboxylic acid groups (broad SMARTS) is 1. The number of carbonyl (C=O) groups excluding carboxylic acids is 1. The summed E-state index contributed by atoms with van der Waals surface area (Å²) in [4.78, 5) is 23.1. The number of nitrogens with one attached hydrogen (secondary N) is 2. The number of carbonyl (C=O) groups is 2. The average molecular weight is 311 g/mol. The van der Waals surface area contributed by atoms with Gasteiger partial charge in [-0.25, -0.2) is 9.59 Å². The second kappa shape index (κ2) is 6.35. The molecule has 2 amide bonds. The Balaban J connectivity index is 1.79. The molecule has 1 saturated carbocycles. The number of hydrogen-bond donors (Lipinski definition) is 3. The molecule has 0 spiro atoms. The quantitative estimate of drug-likeness (QED) is 0.755. The molecule has 1 aromatic rings. The van der Waals surface area contributed by atoms with Gasteiger partial charge >= 0.3 is 12.0 Å². The fourth-order valence-electron chi connectivity index (χ4n) is 2.24. The van der Waals surface area contributed by atoms with E-state index in [9.17, 15) is 14.7 Å². The third-order valence-electron chi connectivity index (χ3n) is 3.82. The summed E-state index contributed by atoms with van der Waals surface area (Å²) >= 11 is 5.80. The molecule has 0 radical (unpaired) electrons. The van der Waals surface area contributed by atoms with E-state index < -0.39 is 17.5 Å². The van der Waals surface area contributed by atoms with Crippen LogP contribution in [0.15, 0.2) is 24.3 Å². The first kappa shape index (κ1) is 15.6. The molecule has 1 aliphatic carbocycles. The molecule has 0 bridgehead atoms. The van der Waals surface area contributed by atoms with Gasteiger partial charge in [0.25, 0.3) is 0 Å². The minimum absolute atomic E-state index is 0.0250. The van der Waals surface area contributed by atoms with Crippen LogP contribution in [-0.4, -0.2) is 29.2 Å². The van der Waals surface area contributed by atoms with Crippen LogP contribution in [0.2, 0.25) is 5.02 Å². The molecule has 1 aliphatic rings. The molecular formula is C15H19ClN2O3. The molecule has 0 saturated heterocycles. The summed E-state index contributed by atoms with van der Waals surface area (Å²) in [6, 6.07) is 6.94. The first-order valence-electron chi connectivity index (χ1n) is 6.95. The van der Waals surface area contributed by atoms with Gasteiger partial charge in [-0.3, -0.25) is 0 Å². The van der Waals surface area contributed by atoms with Crippen LogP contribution in [0.1, 0.15) is 25.3 Å². The van der Waals surface area contributed by atoms with Gasteiger partial charge in [-0.15, -0.1) is 0 Å². The first-order valence-corrected chi connectivity index (χ1v) is 7.33. The molecule has 114 valence electrons. The smallest absolute Gasteiger partial charge is 0.329 e. The Labute approximate surface area is 128 Å². The Morgan fingerprint density at radius 2 is 1.95 bits per heavy atom. The Morgan fingerprint density at radius 3 is 2.48 bits per heavy atom. The summed E-state index contributed by atoms with van der Waals surface area (Å²) in [5, 5.41) is 15.2. The zero-order valence-electron chi connectivity index (χ0n) is 11.9. The Kier molecular flexibility index (Phi) is 4.73. The van der Waals surface area contributed by atoms with Crippen LogP contribution in [0.3, 0.4) is 0 Å². The average Bonchev–Trinajstić information content (AvgIpc) is 3.25. The lowest BCUT2D eigenvalue weighted by Crippen LogP contribution is -2.56. The SMILES string of the molecule is CC(NC(=O)NCCc1ccc(Cl)cc1)(C(=O)O)C1CC1. The molecule has 1 atom stereocenters.